The van der Waals surface area contributed by atoms with Gasteiger partial charge in [0.05, 0.1) is 0 Å². The molecule has 0 heterocycles. The first-order chi connectivity index (χ1) is 8.83. The Bertz CT molecular complexity index is 299. The molecule has 0 unspecified atom stereocenters. The second-order valence-corrected chi connectivity index (χ2v) is 7.61. The van der Waals surface area contributed by atoms with Crippen molar-refractivity contribution < 1.29 is 62.4 Å². The molecule has 7 heteroatoms. The Morgan fingerprint density at radius 2 is 0.545 bits per heavy atom. The van der Waals surface area contributed by atoms with E-state index in [9.17, 15) is 29.7 Å². The topological polar surface area (TPSA) is 120 Å². The number of aliphatic carboxylic acids is 3. The summed E-state index contributed by atoms with van der Waals surface area (Å²) in [4.78, 5) is 29.7. The third-order valence-electron chi connectivity index (χ3n) is 1.84. The fourth-order valence-electron chi connectivity index (χ4n) is 0. The van der Waals surface area contributed by atoms with Crippen molar-refractivity contribution in [2.24, 2.45) is 16.2 Å². The number of carboxylic acid groups (broad SMARTS) is 3. The van der Waals surface area contributed by atoms with Crippen molar-refractivity contribution in [1.82, 2.24) is 0 Å². The summed E-state index contributed by atoms with van der Waals surface area (Å²) >= 11 is 0. The molecule has 0 bridgehead atoms. The second-order valence-electron chi connectivity index (χ2n) is 7.61. The van der Waals surface area contributed by atoms with Gasteiger partial charge in [0.25, 0.3) is 0 Å². The normalized spacial score (nSPS) is 10.8. The number of rotatable bonds is 0. The van der Waals surface area contributed by atoms with Gasteiger partial charge in [-0.1, -0.05) is 62.3 Å². The van der Waals surface area contributed by atoms with E-state index < -0.39 is 34.2 Å². The third kappa shape index (κ3) is 21.8. The van der Waals surface area contributed by atoms with Gasteiger partial charge in [0, 0.05) is 34.2 Å². The molecule has 0 rings (SSSR count). The van der Waals surface area contributed by atoms with Crippen molar-refractivity contribution in [3.8, 4) is 0 Å². The van der Waals surface area contributed by atoms with Crippen LogP contribution in [0.15, 0.2) is 0 Å². The molecule has 0 spiro atoms. The third-order valence-corrected chi connectivity index (χ3v) is 1.84. The summed E-state index contributed by atoms with van der Waals surface area (Å²) in [6, 6.07) is 0. The van der Waals surface area contributed by atoms with Crippen molar-refractivity contribution in [3.63, 3.8) is 0 Å². The molecule has 0 aliphatic rings. The van der Waals surface area contributed by atoms with Gasteiger partial charge < -0.3 is 29.7 Å². The number of carbonyl (C=O) groups excluding carboxylic acids is 3. The van der Waals surface area contributed by atoms with Crippen LogP contribution >= 0.6 is 0 Å². The average Bonchev–Trinajstić information content (AvgIpc) is 2.14. The maximum atomic E-state index is 9.91. The van der Waals surface area contributed by atoms with Crippen molar-refractivity contribution in [1.29, 1.82) is 0 Å². The van der Waals surface area contributed by atoms with Crippen LogP contribution in [0, 0.1) is 16.2 Å². The van der Waals surface area contributed by atoms with Gasteiger partial charge in [-0.05, 0) is 0 Å². The molecule has 0 aromatic rings. The summed E-state index contributed by atoms with van der Waals surface area (Å²) in [5, 5.41) is 29.7. The molecule has 0 atom stereocenters. The van der Waals surface area contributed by atoms with Crippen LogP contribution in [0.2, 0.25) is 0 Å². The van der Waals surface area contributed by atoms with Crippen molar-refractivity contribution in [2.45, 2.75) is 62.3 Å². The molecular formula is C15H27O6Y. The average molecular weight is 392 g/mol. The van der Waals surface area contributed by atoms with Gasteiger partial charge in [0.1, 0.15) is 0 Å². The van der Waals surface area contributed by atoms with E-state index in [0.29, 0.717) is 0 Å². The number of hydrogen-bond donors (Lipinski definition) is 0. The first-order valence-corrected chi connectivity index (χ1v) is 6.47. The van der Waals surface area contributed by atoms with Crippen molar-refractivity contribution in [3.05, 3.63) is 0 Å². The zero-order valence-electron chi connectivity index (χ0n) is 15.0. The van der Waals surface area contributed by atoms with E-state index in [1.165, 1.54) is 0 Å². The second kappa shape index (κ2) is 11.1. The molecule has 126 valence electrons. The van der Waals surface area contributed by atoms with Crippen LogP contribution in [0.5, 0.6) is 0 Å². The Balaban J connectivity index is -0.000000108. The van der Waals surface area contributed by atoms with Crippen LogP contribution in [-0.2, 0) is 47.1 Å². The maximum absolute atomic E-state index is 9.91. The van der Waals surface area contributed by atoms with E-state index in [4.69, 9.17) is 0 Å². The van der Waals surface area contributed by atoms with Gasteiger partial charge in [-0.25, -0.2) is 0 Å². The van der Waals surface area contributed by atoms with E-state index in [1.807, 2.05) is 0 Å². The monoisotopic (exact) mass is 392 g/mol. The molecule has 0 amide bonds. The summed E-state index contributed by atoms with van der Waals surface area (Å²) in [6.07, 6.45) is 0. The summed E-state index contributed by atoms with van der Waals surface area (Å²) in [5.74, 6) is -3.02. The first kappa shape index (κ1) is 29.5. The molecule has 6 nitrogen and oxygen atoms in total. The minimum atomic E-state index is -1.01. The minimum absolute atomic E-state index is 0. The zero-order chi connectivity index (χ0) is 18.2. The largest absolute Gasteiger partial charge is 3.00 e. The van der Waals surface area contributed by atoms with Gasteiger partial charge in [0.15, 0.2) is 0 Å². The molecule has 0 saturated carbocycles. The SMILES string of the molecule is CC(C)(C)C(=O)[O-].CC(C)(C)C(=O)[O-].CC(C)(C)C(=O)[O-].[Y+3]. The van der Waals surface area contributed by atoms with Crippen LogP contribution in [-0.4, -0.2) is 17.9 Å². The van der Waals surface area contributed by atoms with Crippen LogP contribution in [0.25, 0.3) is 0 Å². The fraction of sp³-hybridized carbons (Fsp3) is 0.800. The molecule has 0 fully saturated rings. The van der Waals surface area contributed by atoms with Gasteiger partial charge in [-0.15, -0.1) is 0 Å². The first-order valence-electron chi connectivity index (χ1n) is 6.47. The molecule has 0 radical (unpaired) electrons. The Morgan fingerprint density at radius 3 is 0.545 bits per heavy atom. The van der Waals surface area contributed by atoms with E-state index in [-0.39, 0.29) is 32.7 Å². The van der Waals surface area contributed by atoms with Crippen molar-refractivity contribution >= 4 is 17.9 Å². The number of carboxylic acids is 3. The van der Waals surface area contributed by atoms with E-state index in [2.05, 4.69) is 0 Å². The zero-order valence-corrected chi connectivity index (χ0v) is 17.9. The Hall–Kier alpha value is -0.486. The quantitative estimate of drug-likeness (QED) is 0.540. The summed E-state index contributed by atoms with van der Waals surface area (Å²) < 4.78 is 0. The van der Waals surface area contributed by atoms with Crippen LogP contribution in [0.4, 0.5) is 0 Å². The molecule has 0 aromatic carbocycles. The molecule has 0 saturated heterocycles. The maximum Gasteiger partial charge on any atom is 3.00 e. The summed E-state index contributed by atoms with van der Waals surface area (Å²) in [7, 11) is 0. The van der Waals surface area contributed by atoms with E-state index in [0.717, 1.165) is 0 Å². The number of carbonyl (C=O) groups is 3. The molecule has 0 aliphatic carbocycles. The van der Waals surface area contributed by atoms with Gasteiger partial charge in [0.2, 0.25) is 0 Å². The van der Waals surface area contributed by atoms with Gasteiger partial charge in [-0.2, -0.15) is 0 Å². The summed E-state index contributed by atoms with van der Waals surface area (Å²) in [5.41, 5.74) is -2.08. The predicted octanol–water partition coefficient (Wildman–Crippen LogP) is -0.655. The Labute approximate surface area is 158 Å². The van der Waals surface area contributed by atoms with E-state index in [1.54, 1.807) is 62.3 Å². The molecule has 0 aliphatic heterocycles. The smallest absolute Gasteiger partial charge is 0.550 e. The van der Waals surface area contributed by atoms with Gasteiger partial charge >= 0.3 is 32.7 Å². The minimum Gasteiger partial charge on any atom is -0.550 e. The van der Waals surface area contributed by atoms with Crippen molar-refractivity contribution in [2.75, 3.05) is 0 Å². The van der Waals surface area contributed by atoms with E-state index >= 15 is 0 Å². The fourth-order valence-corrected chi connectivity index (χ4v) is 0. The van der Waals surface area contributed by atoms with Crippen LogP contribution < -0.4 is 15.3 Å². The van der Waals surface area contributed by atoms with Crippen LogP contribution in [0.1, 0.15) is 62.3 Å². The molecule has 0 N–H and O–H groups in total. The standard InChI is InChI=1S/3C5H10O2.Y/c3*1-5(2,3)4(6)7;/h3*1-3H3,(H,6,7);/q;;;+3/p-3. The Morgan fingerprint density at radius 1 is 0.500 bits per heavy atom. The Kier molecular flexibility index (Phi) is 14.9. The van der Waals surface area contributed by atoms with Gasteiger partial charge in [-0.3, -0.25) is 0 Å². The molecular weight excluding hydrogens is 365 g/mol. The molecule has 22 heavy (non-hydrogen) atoms. The summed E-state index contributed by atoms with van der Waals surface area (Å²) in [6.45, 7) is 14.4. The predicted molar refractivity (Wildman–Crippen MR) is 73.4 cm³/mol. The van der Waals surface area contributed by atoms with Crippen LogP contribution in [0.3, 0.4) is 0 Å². The number of hydrogen-bond acceptors (Lipinski definition) is 6. The molecule has 0 aromatic heterocycles.